The Bertz CT molecular complexity index is 432. The van der Waals surface area contributed by atoms with Crippen molar-refractivity contribution in [2.75, 3.05) is 18.0 Å². The van der Waals surface area contributed by atoms with Gasteiger partial charge in [-0.05, 0) is 42.5 Å². The second-order valence-electron chi connectivity index (χ2n) is 5.38. The van der Waals surface area contributed by atoms with E-state index in [1.165, 1.54) is 0 Å². The van der Waals surface area contributed by atoms with E-state index < -0.39 is 5.97 Å². The molecule has 0 spiro atoms. The Balaban J connectivity index is 2.11. The van der Waals surface area contributed by atoms with E-state index >= 15 is 0 Å². The zero-order valence-electron chi connectivity index (χ0n) is 10.5. The molecule has 1 aromatic rings. The summed E-state index contributed by atoms with van der Waals surface area (Å²) in [5.74, 6) is -0.713. The minimum absolute atomic E-state index is 0.135. The van der Waals surface area contributed by atoms with Gasteiger partial charge in [-0.2, -0.15) is 0 Å². The lowest BCUT2D eigenvalue weighted by molar-refractivity contribution is -0.139. The Hall–Kier alpha value is -1.22. The molecule has 1 aromatic carbocycles. The summed E-state index contributed by atoms with van der Waals surface area (Å²) < 4.78 is 0. The van der Waals surface area contributed by atoms with Crippen LogP contribution in [0.5, 0.6) is 0 Å². The molecule has 0 saturated carbocycles. The second kappa shape index (κ2) is 5.19. The average Bonchev–Trinajstić information content (AvgIpc) is 2.28. The normalized spacial score (nSPS) is 24.0. The van der Waals surface area contributed by atoms with Crippen molar-refractivity contribution < 1.29 is 9.90 Å². The highest BCUT2D eigenvalue weighted by molar-refractivity contribution is 6.30. The number of hydrogen-bond donors (Lipinski definition) is 1. The molecule has 0 bridgehead atoms. The van der Waals surface area contributed by atoms with Gasteiger partial charge in [0.05, 0.1) is 6.42 Å². The number of rotatable bonds is 3. The molecule has 0 radical (unpaired) electrons. The van der Waals surface area contributed by atoms with Gasteiger partial charge in [0.1, 0.15) is 0 Å². The van der Waals surface area contributed by atoms with Gasteiger partial charge in [-0.15, -0.1) is 0 Å². The molecular weight excluding hydrogens is 250 g/mol. The van der Waals surface area contributed by atoms with Crippen LogP contribution >= 0.6 is 11.6 Å². The van der Waals surface area contributed by atoms with Gasteiger partial charge in [0, 0.05) is 23.8 Å². The number of aliphatic carboxylic acids is 1. The van der Waals surface area contributed by atoms with E-state index in [4.69, 9.17) is 16.7 Å². The number of carboxylic acid groups (broad SMARTS) is 1. The van der Waals surface area contributed by atoms with Crippen molar-refractivity contribution >= 4 is 23.3 Å². The first-order chi connectivity index (χ1) is 8.48. The Morgan fingerprint density at radius 2 is 2.11 bits per heavy atom. The van der Waals surface area contributed by atoms with Crippen LogP contribution in [0.4, 0.5) is 5.69 Å². The quantitative estimate of drug-likeness (QED) is 0.912. The van der Waals surface area contributed by atoms with Crippen molar-refractivity contribution in [3.05, 3.63) is 29.3 Å². The standard InChI is InChI=1S/C14H18ClNO2/c1-14(9-13(17)18)7-2-8-16(10-14)12-5-3-11(15)4-6-12/h3-6H,2,7-10H2,1H3,(H,17,18). The molecule has 3 nitrogen and oxygen atoms in total. The largest absolute Gasteiger partial charge is 0.481 e. The summed E-state index contributed by atoms with van der Waals surface area (Å²) in [6.45, 7) is 3.83. The van der Waals surface area contributed by atoms with Crippen LogP contribution < -0.4 is 4.90 Å². The molecule has 1 N–H and O–H groups in total. The Morgan fingerprint density at radius 3 is 2.72 bits per heavy atom. The van der Waals surface area contributed by atoms with Gasteiger partial charge in [0.2, 0.25) is 0 Å². The highest BCUT2D eigenvalue weighted by atomic mass is 35.5. The molecule has 0 amide bonds. The van der Waals surface area contributed by atoms with Crippen molar-refractivity contribution in [1.29, 1.82) is 0 Å². The van der Waals surface area contributed by atoms with E-state index in [0.29, 0.717) is 0 Å². The molecule has 1 saturated heterocycles. The lowest BCUT2D eigenvalue weighted by Gasteiger charge is -2.41. The number of anilines is 1. The fourth-order valence-electron chi connectivity index (χ4n) is 2.70. The van der Waals surface area contributed by atoms with Crippen molar-refractivity contribution in [1.82, 2.24) is 0 Å². The number of hydrogen-bond acceptors (Lipinski definition) is 2. The number of carboxylic acids is 1. The third kappa shape index (κ3) is 3.16. The Morgan fingerprint density at radius 1 is 1.44 bits per heavy atom. The minimum atomic E-state index is -0.713. The summed E-state index contributed by atoms with van der Waals surface area (Å²) in [7, 11) is 0. The number of carbonyl (C=O) groups is 1. The third-order valence-corrected chi connectivity index (χ3v) is 3.80. The first-order valence-corrected chi connectivity index (χ1v) is 6.59. The molecule has 1 aliphatic heterocycles. The van der Waals surface area contributed by atoms with E-state index in [0.717, 1.165) is 36.6 Å². The lowest BCUT2D eigenvalue weighted by atomic mass is 9.79. The van der Waals surface area contributed by atoms with E-state index in [9.17, 15) is 4.79 Å². The van der Waals surface area contributed by atoms with E-state index in [1.54, 1.807) is 0 Å². The summed E-state index contributed by atoms with van der Waals surface area (Å²) in [5, 5.41) is 9.71. The molecule has 18 heavy (non-hydrogen) atoms. The Labute approximate surface area is 112 Å². The van der Waals surface area contributed by atoms with Crippen molar-refractivity contribution in [3.63, 3.8) is 0 Å². The number of nitrogens with zero attached hydrogens (tertiary/aromatic N) is 1. The predicted octanol–water partition coefficient (Wildman–Crippen LogP) is 3.42. The van der Waals surface area contributed by atoms with Gasteiger partial charge in [-0.25, -0.2) is 0 Å². The average molecular weight is 268 g/mol. The molecular formula is C14H18ClNO2. The zero-order chi connectivity index (χ0) is 13.2. The predicted molar refractivity (Wildman–Crippen MR) is 73.3 cm³/mol. The number of piperidine rings is 1. The second-order valence-corrected chi connectivity index (χ2v) is 5.82. The van der Waals surface area contributed by atoms with Crippen LogP contribution in [0.2, 0.25) is 5.02 Å². The highest BCUT2D eigenvalue weighted by Gasteiger charge is 2.33. The monoisotopic (exact) mass is 267 g/mol. The third-order valence-electron chi connectivity index (χ3n) is 3.55. The van der Waals surface area contributed by atoms with Gasteiger partial charge in [-0.3, -0.25) is 4.79 Å². The molecule has 0 aliphatic carbocycles. The molecule has 4 heteroatoms. The lowest BCUT2D eigenvalue weighted by Crippen LogP contribution is -2.42. The van der Waals surface area contributed by atoms with E-state index in [1.807, 2.05) is 24.3 Å². The van der Waals surface area contributed by atoms with Gasteiger partial charge in [0.25, 0.3) is 0 Å². The first kappa shape index (κ1) is 13.2. The van der Waals surface area contributed by atoms with Crippen LogP contribution in [0, 0.1) is 5.41 Å². The van der Waals surface area contributed by atoms with Crippen molar-refractivity contribution in [2.24, 2.45) is 5.41 Å². The van der Waals surface area contributed by atoms with Gasteiger partial charge in [-0.1, -0.05) is 18.5 Å². The first-order valence-electron chi connectivity index (χ1n) is 6.21. The van der Waals surface area contributed by atoms with E-state index in [-0.39, 0.29) is 11.8 Å². The zero-order valence-corrected chi connectivity index (χ0v) is 11.3. The van der Waals surface area contributed by atoms with Gasteiger partial charge in [0.15, 0.2) is 0 Å². The van der Waals surface area contributed by atoms with Crippen LogP contribution in [0.1, 0.15) is 26.2 Å². The fraction of sp³-hybridized carbons (Fsp3) is 0.500. The van der Waals surface area contributed by atoms with Crippen LogP contribution in [0.3, 0.4) is 0 Å². The molecule has 1 unspecified atom stereocenters. The van der Waals surface area contributed by atoms with Crippen LogP contribution in [-0.4, -0.2) is 24.2 Å². The SMILES string of the molecule is CC1(CC(=O)O)CCCN(c2ccc(Cl)cc2)C1. The molecule has 1 heterocycles. The summed E-state index contributed by atoms with van der Waals surface area (Å²) in [5.41, 5.74) is 0.986. The molecule has 0 aromatic heterocycles. The summed E-state index contributed by atoms with van der Waals surface area (Å²) in [4.78, 5) is 13.2. The molecule has 2 rings (SSSR count). The maximum atomic E-state index is 10.9. The Kier molecular flexibility index (Phi) is 3.81. The topological polar surface area (TPSA) is 40.5 Å². The summed E-state index contributed by atoms with van der Waals surface area (Å²) >= 11 is 5.88. The summed E-state index contributed by atoms with van der Waals surface area (Å²) in [6, 6.07) is 7.74. The summed E-state index contributed by atoms with van der Waals surface area (Å²) in [6.07, 6.45) is 2.24. The minimum Gasteiger partial charge on any atom is -0.481 e. The molecule has 98 valence electrons. The maximum Gasteiger partial charge on any atom is 0.303 e. The van der Waals surface area contributed by atoms with Crippen LogP contribution in [0.15, 0.2) is 24.3 Å². The fourth-order valence-corrected chi connectivity index (χ4v) is 2.82. The molecule has 1 atom stereocenters. The van der Waals surface area contributed by atoms with Crippen molar-refractivity contribution in [2.45, 2.75) is 26.2 Å². The molecule has 1 fully saturated rings. The highest BCUT2D eigenvalue weighted by Crippen LogP contribution is 2.35. The van der Waals surface area contributed by atoms with Gasteiger partial charge < -0.3 is 10.0 Å². The van der Waals surface area contributed by atoms with Crippen LogP contribution in [0.25, 0.3) is 0 Å². The maximum absolute atomic E-state index is 10.9. The van der Waals surface area contributed by atoms with Crippen molar-refractivity contribution in [3.8, 4) is 0 Å². The van der Waals surface area contributed by atoms with Crippen LogP contribution in [-0.2, 0) is 4.79 Å². The molecule has 1 aliphatic rings. The van der Waals surface area contributed by atoms with Gasteiger partial charge >= 0.3 is 5.97 Å². The number of benzene rings is 1. The number of halogens is 1. The van der Waals surface area contributed by atoms with E-state index in [2.05, 4.69) is 11.8 Å². The smallest absolute Gasteiger partial charge is 0.303 e.